The number of benzene rings is 1. The summed E-state index contributed by atoms with van der Waals surface area (Å²) in [6.45, 7) is 6.51. The van der Waals surface area contributed by atoms with Gasteiger partial charge < -0.3 is 93.1 Å². The zero-order valence-electron chi connectivity index (χ0n) is 42.4. The van der Waals surface area contributed by atoms with Gasteiger partial charge in [0.1, 0.15) is 5.75 Å². The third kappa shape index (κ3) is 31.3. The Kier molecular flexibility index (Phi) is 30.6. The summed E-state index contributed by atoms with van der Waals surface area (Å²) >= 11 is 0. The van der Waals surface area contributed by atoms with Crippen LogP contribution in [0.15, 0.2) is 59.3 Å². The van der Waals surface area contributed by atoms with Crippen molar-refractivity contribution in [1.29, 1.82) is 0 Å². The number of nitrogens with zero attached hydrogens (tertiary/aromatic N) is 10. The number of nitrogens with one attached hydrogen (secondary N) is 4. The lowest BCUT2D eigenvalue weighted by atomic mass is 10.0. The second-order valence-corrected chi connectivity index (χ2v) is 17.8. The molecular weight excluding hydrogens is 992 g/mol. The number of carboxylic acid groups (broad SMARTS) is 2. The first-order valence-corrected chi connectivity index (χ1v) is 24.0. The second-order valence-electron chi connectivity index (χ2n) is 17.8. The second kappa shape index (κ2) is 35.3. The van der Waals surface area contributed by atoms with E-state index in [2.05, 4.69) is 75.1 Å². The average molecular weight is 1070 g/mol. The fourth-order valence-electron chi connectivity index (χ4n) is 7.20. The standard InChI is InChI=1S/C41H77N23O4.C2HF3O2/c1-25(2)16-29(60-40(49)56-24-32-7-5-15-64(32)41(50)57-23-31(62-63-51)18-34(43)66)21-54-39(48)61-30(17-26-8-11-33(65)12-9-26)22-55-38(47)58-27(6-3-4-14-42)20-53-37(46)59-28(10-13-35(67)68)19-52-36(44)45;3-2(4,5)1(6)7/h8-9,11-12,25,27-32,65H,3-7,10,13-24,42H2,1-2H3,(H2,43,66)(H2,50,57)(H,67,68)(H4,44,45,52)(H3,46,53,59)(H3,47,55,58)(H3,48,54,61)(H3,49,56,60);(H,6,7)/t27-,28-,29-,30-,31-,32-;/m0./s1. The maximum atomic E-state index is 11.4. The SMILES string of the molecule is CC(C)C[C@@H](CN=C(N)N[C@H](CN=C(N)N[C@@H](CCCCN)CN=C(N)N[C@@H](CCC(=O)O)CN=C(N)N)Cc1ccc(O)cc1)NC(N)=NC[C@@H]1CCCN1C(N)=NC[C@H](CC(N)=O)N=[N+]=[N-].O=C(O)C(F)(F)F. The summed E-state index contributed by atoms with van der Waals surface area (Å²) in [6.07, 6.45) is -0.0461. The molecule has 2 rings (SSSR count). The zero-order chi connectivity index (χ0) is 56.5. The third-order valence-electron chi connectivity index (χ3n) is 10.7. The molecule has 0 unspecified atom stereocenters. The highest BCUT2D eigenvalue weighted by Crippen LogP contribution is 2.18. The molecule has 6 atom stereocenters. The van der Waals surface area contributed by atoms with E-state index in [9.17, 15) is 27.9 Å². The molecule has 0 radical (unpaired) electrons. The highest BCUT2D eigenvalue weighted by atomic mass is 19.4. The molecule has 0 aromatic heterocycles. The van der Waals surface area contributed by atoms with E-state index in [0.717, 1.165) is 31.2 Å². The van der Waals surface area contributed by atoms with Gasteiger partial charge in [0.05, 0.1) is 57.4 Å². The van der Waals surface area contributed by atoms with Crippen LogP contribution in [0, 0.1) is 5.92 Å². The number of primary amides is 1. The van der Waals surface area contributed by atoms with Crippen molar-refractivity contribution in [3.8, 4) is 5.75 Å². The Balaban J connectivity index is 0.00000373. The number of unbranched alkanes of at least 4 members (excludes halogenated alkanes) is 1. The van der Waals surface area contributed by atoms with Crippen LogP contribution in [0.3, 0.4) is 0 Å². The average Bonchev–Trinajstić information content (AvgIpc) is 3.80. The summed E-state index contributed by atoms with van der Waals surface area (Å²) in [6, 6.07) is 4.70. The highest BCUT2D eigenvalue weighted by molar-refractivity contribution is 5.82. The van der Waals surface area contributed by atoms with Crippen molar-refractivity contribution in [3.63, 3.8) is 0 Å². The largest absolute Gasteiger partial charge is 0.508 e. The van der Waals surface area contributed by atoms with Crippen LogP contribution in [0.1, 0.15) is 77.2 Å². The van der Waals surface area contributed by atoms with Gasteiger partial charge in [-0.3, -0.25) is 39.5 Å². The molecule has 32 heteroatoms. The molecule has 422 valence electrons. The number of guanidine groups is 6. The van der Waals surface area contributed by atoms with E-state index in [4.69, 9.17) is 72.1 Å². The maximum Gasteiger partial charge on any atom is 0.490 e. The molecule has 1 aromatic rings. The van der Waals surface area contributed by atoms with Crippen molar-refractivity contribution in [2.45, 2.75) is 120 Å². The van der Waals surface area contributed by atoms with Gasteiger partial charge in [-0.2, -0.15) is 13.2 Å². The third-order valence-corrected chi connectivity index (χ3v) is 10.7. The first-order chi connectivity index (χ1) is 35.3. The van der Waals surface area contributed by atoms with Crippen LogP contribution in [0.5, 0.6) is 5.75 Å². The van der Waals surface area contributed by atoms with E-state index in [0.29, 0.717) is 38.9 Å². The number of carbonyl (C=O) groups is 3. The number of azide groups is 1. The van der Waals surface area contributed by atoms with E-state index < -0.39 is 36.1 Å². The molecule has 1 amide bonds. The number of hydrogen-bond donors (Lipinski definition) is 16. The molecule has 0 aliphatic carbocycles. The number of alkyl halides is 3. The number of rotatable bonds is 30. The minimum absolute atomic E-state index is 0.0229. The topological polar surface area (TPSA) is 520 Å². The van der Waals surface area contributed by atoms with Crippen molar-refractivity contribution in [2.24, 2.45) is 92.6 Å². The molecule has 0 bridgehead atoms. The van der Waals surface area contributed by atoms with Gasteiger partial charge >= 0.3 is 18.1 Å². The predicted octanol–water partition coefficient (Wildman–Crippen LogP) is -1.69. The number of amides is 1. The maximum absolute atomic E-state index is 11.4. The van der Waals surface area contributed by atoms with Crippen LogP contribution in [-0.2, 0) is 20.8 Å². The number of aliphatic imine (C=N–C) groups is 6. The van der Waals surface area contributed by atoms with Crippen LogP contribution < -0.4 is 72.9 Å². The Bertz CT molecular complexity index is 2130. The Morgan fingerprint density at radius 1 is 0.760 bits per heavy atom. The number of carbonyl (C=O) groups excluding carboxylic acids is 1. The number of likely N-dealkylation sites (tertiary alicyclic amines) is 1. The van der Waals surface area contributed by atoms with Gasteiger partial charge in [0.25, 0.3) is 0 Å². The summed E-state index contributed by atoms with van der Waals surface area (Å²) in [5.41, 5.74) is 63.6. The lowest BCUT2D eigenvalue weighted by Crippen LogP contribution is -2.47. The highest BCUT2D eigenvalue weighted by Gasteiger charge is 2.38. The molecule has 0 saturated carbocycles. The summed E-state index contributed by atoms with van der Waals surface area (Å²) in [7, 11) is 0. The molecule has 1 heterocycles. The number of aromatic hydroxyl groups is 1. The monoisotopic (exact) mass is 1070 g/mol. The van der Waals surface area contributed by atoms with Crippen molar-refractivity contribution < 1.29 is 42.9 Å². The fraction of sp³-hybridized carbons (Fsp3) is 0.651. The zero-order valence-corrected chi connectivity index (χ0v) is 42.4. The minimum Gasteiger partial charge on any atom is -0.508 e. The van der Waals surface area contributed by atoms with Gasteiger partial charge in [-0.15, -0.1) is 0 Å². The Morgan fingerprint density at radius 3 is 1.80 bits per heavy atom. The number of carboxylic acids is 2. The smallest absolute Gasteiger partial charge is 0.490 e. The molecule has 1 aromatic carbocycles. The van der Waals surface area contributed by atoms with Crippen LogP contribution in [0.25, 0.3) is 10.4 Å². The molecule has 75 heavy (non-hydrogen) atoms. The summed E-state index contributed by atoms with van der Waals surface area (Å²) in [4.78, 5) is 62.9. The summed E-state index contributed by atoms with van der Waals surface area (Å²) in [5, 5.41) is 42.6. The van der Waals surface area contributed by atoms with Crippen molar-refractivity contribution in [1.82, 2.24) is 26.2 Å². The summed E-state index contributed by atoms with van der Waals surface area (Å²) < 4.78 is 31.7. The Labute approximate surface area is 433 Å². The number of halogens is 3. The van der Waals surface area contributed by atoms with Gasteiger partial charge in [-0.25, -0.2) is 4.79 Å². The van der Waals surface area contributed by atoms with Crippen LogP contribution in [0.4, 0.5) is 13.2 Å². The van der Waals surface area contributed by atoms with Gasteiger partial charge in [-0.1, -0.05) is 37.5 Å². The molecular formula is C43H78F3N23O6. The van der Waals surface area contributed by atoms with Gasteiger partial charge in [-0.05, 0) is 80.6 Å². The number of aliphatic carboxylic acids is 2. The molecule has 25 N–H and O–H groups in total. The van der Waals surface area contributed by atoms with Gasteiger partial charge in [0.2, 0.25) is 5.91 Å². The molecule has 1 aliphatic heterocycles. The minimum atomic E-state index is -5.08. The molecule has 1 saturated heterocycles. The number of nitrogens with two attached hydrogens (primary N) is 9. The molecule has 0 spiro atoms. The Hall–Kier alpha value is -7.89. The van der Waals surface area contributed by atoms with Crippen LogP contribution in [0.2, 0.25) is 0 Å². The van der Waals surface area contributed by atoms with E-state index in [1.807, 2.05) is 4.90 Å². The van der Waals surface area contributed by atoms with E-state index in [1.165, 1.54) is 0 Å². The first kappa shape index (κ1) is 65.1. The van der Waals surface area contributed by atoms with Crippen LogP contribution >= 0.6 is 0 Å². The first-order valence-electron chi connectivity index (χ1n) is 24.0. The van der Waals surface area contributed by atoms with Crippen LogP contribution in [-0.4, -0.2) is 169 Å². The molecule has 1 fully saturated rings. The van der Waals surface area contributed by atoms with E-state index >= 15 is 0 Å². The molecule has 29 nitrogen and oxygen atoms in total. The van der Waals surface area contributed by atoms with Crippen molar-refractivity contribution >= 4 is 53.6 Å². The van der Waals surface area contributed by atoms with Gasteiger partial charge in [0, 0.05) is 42.4 Å². The normalized spacial score (nSPS) is 16.5. The van der Waals surface area contributed by atoms with Gasteiger partial charge in [0.15, 0.2) is 35.8 Å². The van der Waals surface area contributed by atoms with E-state index in [-0.39, 0.29) is 124 Å². The number of hydrogen-bond acceptors (Lipinski definition) is 12. The fourth-order valence-corrected chi connectivity index (χ4v) is 7.20. The summed E-state index contributed by atoms with van der Waals surface area (Å²) in [5.74, 6) is -3.12. The van der Waals surface area contributed by atoms with Crippen molar-refractivity contribution in [2.75, 3.05) is 52.4 Å². The van der Waals surface area contributed by atoms with Crippen molar-refractivity contribution in [3.05, 3.63) is 40.3 Å². The lowest BCUT2D eigenvalue weighted by molar-refractivity contribution is -0.192. The Morgan fingerprint density at radius 2 is 1.28 bits per heavy atom. The lowest BCUT2D eigenvalue weighted by Gasteiger charge is -2.25. The quantitative estimate of drug-likeness (QED) is 0.0102. The predicted molar refractivity (Wildman–Crippen MR) is 282 cm³/mol. The van der Waals surface area contributed by atoms with E-state index in [1.54, 1.807) is 24.3 Å². The molecule has 1 aliphatic rings. The number of phenols is 1. The number of phenolic OH excluding ortho intramolecular Hbond substituents is 1.